The smallest absolute Gasteiger partial charge is 0.191 e. The Morgan fingerprint density at radius 3 is 2.27 bits per heavy atom. The molecule has 66 valence electrons. The summed E-state index contributed by atoms with van der Waals surface area (Å²) in [4.78, 5) is 11.1. The van der Waals surface area contributed by atoms with Crippen molar-refractivity contribution < 1.29 is 4.79 Å². The van der Waals surface area contributed by atoms with E-state index in [4.69, 9.17) is 0 Å². The molecule has 0 spiro atoms. The van der Waals surface area contributed by atoms with Crippen molar-refractivity contribution in [1.82, 2.24) is 0 Å². The normalized spacial score (nSPS) is 16.0. The molecule has 0 fully saturated rings. The molecule has 0 saturated carbocycles. The first kappa shape index (κ1) is 11.0. The molecular weight excluding hydrogens is 156 g/mol. The third-order valence-electron chi connectivity index (χ3n) is 2.38. The highest BCUT2D eigenvalue weighted by Gasteiger charge is 2.27. The van der Waals surface area contributed by atoms with Gasteiger partial charge in [0, 0.05) is 5.41 Å². The highest BCUT2D eigenvalue weighted by molar-refractivity contribution is 7.96. The monoisotopic (exact) mass is 174 g/mol. The predicted octanol–water partition coefficient (Wildman–Crippen LogP) is 3.05. The lowest BCUT2D eigenvalue weighted by atomic mass is 9.84. The van der Waals surface area contributed by atoms with E-state index in [1.807, 2.05) is 13.8 Å². The van der Waals surface area contributed by atoms with Gasteiger partial charge in [-0.3, -0.25) is 4.79 Å². The molecule has 0 aromatic rings. The minimum absolute atomic E-state index is 0.0356. The van der Waals surface area contributed by atoms with Crippen LogP contribution < -0.4 is 0 Å². The Morgan fingerprint density at radius 1 is 1.45 bits per heavy atom. The van der Waals surface area contributed by atoms with Crippen molar-refractivity contribution >= 4 is 17.7 Å². The molecule has 0 heterocycles. The molecule has 2 heteroatoms. The maximum atomic E-state index is 11.1. The lowest BCUT2D eigenvalue weighted by Gasteiger charge is -2.23. The van der Waals surface area contributed by atoms with Gasteiger partial charge in [0.1, 0.15) is 0 Å². The summed E-state index contributed by atoms with van der Waals surface area (Å²) >= 11 is 3.89. The SMILES string of the molecule is CCCCC(C)(CC)C(=O)S. The van der Waals surface area contributed by atoms with E-state index in [1.54, 1.807) is 0 Å². The third kappa shape index (κ3) is 3.28. The Balaban J connectivity index is 3.99. The molecule has 0 aliphatic rings. The van der Waals surface area contributed by atoms with Crippen LogP contribution in [0.4, 0.5) is 0 Å². The first-order valence-corrected chi connectivity index (χ1v) is 4.75. The van der Waals surface area contributed by atoms with E-state index >= 15 is 0 Å². The molecule has 0 rings (SSSR count). The zero-order valence-corrected chi connectivity index (χ0v) is 8.58. The molecule has 1 unspecified atom stereocenters. The van der Waals surface area contributed by atoms with Crippen LogP contribution in [0, 0.1) is 5.41 Å². The first-order valence-electron chi connectivity index (χ1n) is 4.30. The summed E-state index contributed by atoms with van der Waals surface area (Å²) < 4.78 is 0. The van der Waals surface area contributed by atoms with Gasteiger partial charge in [-0.05, 0) is 12.8 Å². The standard InChI is InChI=1S/C9H18OS/c1-4-6-7-9(3,5-2)8(10)11/h4-7H2,1-3H3,(H,10,11). The van der Waals surface area contributed by atoms with Crippen molar-refractivity contribution in [3.05, 3.63) is 0 Å². The summed E-state index contributed by atoms with van der Waals surface area (Å²) in [7, 11) is 0. The van der Waals surface area contributed by atoms with E-state index in [-0.39, 0.29) is 10.5 Å². The number of unbranched alkanes of at least 4 members (excludes halogenated alkanes) is 1. The van der Waals surface area contributed by atoms with Gasteiger partial charge in [-0.2, -0.15) is 0 Å². The van der Waals surface area contributed by atoms with Gasteiger partial charge in [0.2, 0.25) is 0 Å². The quantitative estimate of drug-likeness (QED) is 0.634. The number of rotatable bonds is 5. The van der Waals surface area contributed by atoms with E-state index in [1.165, 1.54) is 0 Å². The van der Waals surface area contributed by atoms with Crippen LogP contribution in [0.2, 0.25) is 0 Å². The molecule has 0 aliphatic carbocycles. The van der Waals surface area contributed by atoms with Crippen molar-refractivity contribution in [3.8, 4) is 0 Å². The van der Waals surface area contributed by atoms with Gasteiger partial charge in [0.15, 0.2) is 5.12 Å². The largest absolute Gasteiger partial charge is 0.287 e. The molecular formula is C9H18OS. The third-order valence-corrected chi connectivity index (χ3v) is 2.92. The molecule has 11 heavy (non-hydrogen) atoms. The highest BCUT2D eigenvalue weighted by Crippen LogP contribution is 2.30. The Kier molecular flexibility index (Phi) is 4.82. The molecule has 1 nitrogen and oxygen atoms in total. The number of thiol groups is 1. The van der Waals surface area contributed by atoms with E-state index < -0.39 is 0 Å². The summed E-state index contributed by atoms with van der Waals surface area (Å²) in [6.07, 6.45) is 4.14. The minimum atomic E-state index is -0.181. The van der Waals surface area contributed by atoms with Crippen LogP contribution in [0.25, 0.3) is 0 Å². The van der Waals surface area contributed by atoms with Crippen LogP contribution in [-0.4, -0.2) is 5.12 Å². The average Bonchev–Trinajstić information content (AvgIpc) is 2.00. The van der Waals surface area contributed by atoms with Gasteiger partial charge in [-0.15, -0.1) is 12.6 Å². The van der Waals surface area contributed by atoms with Crippen molar-refractivity contribution in [2.24, 2.45) is 5.41 Å². The molecule has 0 aromatic carbocycles. The Labute approximate surface area is 75.0 Å². The summed E-state index contributed by atoms with van der Waals surface area (Å²) in [5.41, 5.74) is -0.181. The Morgan fingerprint density at radius 2 is 2.00 bits per heavy atom. The van der Waals surface area contributed by atoms with Crippen LogP contribution in [0.1, 0.15) is 46.5 Å². The molecule has 0 aliphatic heterocycles. The Hall–Kier alpha value is 0.0200. The molecule has 0 N–H and O–H groups in total. The van der Waals surface area contributed by atoms with Gasteiger partial charge in [0.05, 0.1) is 0 Å². The van der Waals surface area contributed by atoms with Gasteiger partial charge in [0.25, 0.3) is 0 Å². The van der Waals surface area contributed by atoms with Crippen LogP contribution in [0.3, 0.4) is 0 Å². The zero-order chi connectivity index (χ0) is 8.91. The zero-order valence-electron chi connectivity index (χ0n) is 7.68. The van der Waals surface area contributed by atoms with Crippen LogP contribution in [0.15, 0.2) is 0 Å². The maximum Gasteiger partial charge on any atom is 0.191 e. The topological polar surface area (TPSA) is 17.1 Å². The molecule has 0 aromatic heterocycles. The van der Waals surface area contributed by atoms with E-state index in [2.05, 4.69) is 19.6 Å². The van der Waals surface area contributed by atoms with Crippen molar-refractivity contribution in [2.45, 2.75) is 46.5 Å². The number of carbonyl (C=O) groups excluding carboxylic acids is 1. The lowest BCUT2D eigenvalue weighted by Crippen LogP contribution is -2.22. The lowest BCUT2D eigenvalue weighted by molar-refractivity contribution is -0.119. The minimum Gasteiger partial charge on any atom is -0.287 e. The summed E-state index contributed by atoms with van der Waals surface area (Å²) in [5.74, 6) is 0. The summed E-state index contributed by atoms with van der Waals surface area (Å²) in [6, 6.07) is 0. The fraction of sp³-hybridized carbons (Fsp3) is 0.889. The number of hydrogen-bond acceptors (Lipinski definition) is 1. The number of hydrogen-bond donors (Lipinski definition) is 1. The predicted molar refractivity (Wildman–Crippen MR) is 51.9 cm³/mol. The van der Waals surface area contributed by atoms with Crippen LogP contribution in [-0.2, 0) is 4.79 Å². The number of carbonyl (C=O) groups is 1. The molecule has 1 atom stereocenters. The second kappa shape index (κ2) is 4.81. The average molecular weight is 174 g/mol. The Bertz CT molecular complexity index is 134. The first-order chi connectivity index (χ1) is 5.06. The van der Waals surface area contributed by atoms with Gasteiger partial charge in [-0.25, -0.2) is 0 Å². The van der Waals surface area contributed by atoms with Gasteiger partial charge >= 0.3 is 0 Å². The van der Waals surface area contributed by atoms with E-state index in [0.717, 1.165) is 25.7 Å². The van der Waals surface area contributed by atoms with Crippen molar-refractivity contribution in [3.63, 3.8) is 0 Å². The molecule has 0 amide bonds. The van der Waals surface area contributed by atoms with E-state index in [9.17, 15) is 4.79 Å². The molecule has 0 radical (unpaired) electrons. The molecule has 0 saturated heterocycles. The van der Waals surface area contributed by atoms with Crippen LogP contribution >= 0.6 is 12.6 Å². The van der Waals surface area contributed by atoms with Crippen LogP contribution in [0.5, 0.6) is 0 Å². The summed E-state index contributed by atoms with van der Waals surface area (Å²) in [5, 5.41) is 0.0356. The second-order valence-corrected chi connectivity index (χ2v) is 3.73. The fourth-order valence-corrected chi connectivity index (χ4v) is 1.27. The van der Waals surface area contributed by atoms with Gasteiger partial charge < -0.3 is 0 Å². The van der Waals surface area contributed by atoms with Gasteiger partial charge in [-0.1, -0.05) is 33.6 Å². The van der Waals surface area contributed by atoms with Crippen molar-refractivity contribution in [1.29, 1.82) is 0 Å². The fourth-order valence-electron chi connectivity index (χ4n) is 1.00. The van der Waals surface area contributed by atoms with Crippen molar-refractivity contribution in [2.75, 3.05) is 0 Å². The highest BCUT2D eigenvalue weighted by atomic mass is 32.1. The van der Waals surface area contributed by atoms with E-state index in [0.29, 0.717) is 0 Å². The maximum absolute atomic E-state index is 11.1. The second-order valence-electron chi connectivity index (χ2n) is 3.32. The summed E-state index contributed by atoms with van der Waals surface area (Å²) in [6.45, 7) is 6.18. The molecule has 0 bridgehead atoms.